The van der Waals surface area contributed by atoms with Crippen LogP contribution in [0.2, 0.25) is 0 Å². The predicted molar refractivity (Wildman–Crippen MR) is 59.6 cm³/mol. The minimum Gasteiger partial charge on any atom is -0.394 e. The topological polar surface area (TPSA) is 110 Å². The third kappa shape index (κ3) is 2.17. The first-order chi connectivity index (χ1) is 8.02. The van der Waals surface area contributed by atoms with Crippen molar-refractivity contribution in [3.05, 3.63) is 32.6 Å². The van der Waals surface area contributed by atoms with Crippen LogP contribution in [0.3, 0.4) is 0 Å². The second-order valence-electron chi connectivity index (χ2n) is 4.19. The highest BCUT2D eigenvalue weighted by Crippen LogP contribution is 2.25. The second kappa shape index (κ2) is 4.44. The predicted octanol–water partition coefficient (Wildman–Crippen LogP) is -1.55. The Hall–Kier alpha value is -1.44. The van der Waals surface area contributed by atoms with Crippen LogP contribution in [0.15, 0.2) is 15.8 Å². The van der Waals surface area contributed by atoms with Gasteiger partial charge in [0.05, 0.1) is 12.7 Å². The van der Waals surface area contributed by atoms with Crippen LogP contribution >= 0.6 is 0 Å². The number of aliphatic hydroxyl groups is 1. The van der Waals surface area contributed by atoms with E-state index in [0.29, 0.717) is 12.0 Å². The number of aliphatic hydroxyl groups excluding tert-OH is 1. The maximum atomic E-state index is 11.6. The zero-order valence-corrected chi connectivity index (χ0v) is 9.42. The SMILES string of the molecule is Cc1cn([C@H]2C[C@H](N)[C@@H](CO)O2)c(=O)[nH]c1=O. The number of aromatic amines is 1. The summed E-state index contributed by atoms with van der Waals surface area (Å²) in [4.78, 5) is 25.0. The van der Waals surface area contributed by atoms with Crippen LogP contribution < -0.4 is 17.0 Å². The number of nitrogens with two attached hydrogens (primary N) is 1. The zero-order chi connectivity index (χ0) is 12.6. The van der Waals surface area contributed by atoms with Crippen LogP contribution in [0.25, 0.3) is 0 Å². The molecule has 0 unspecified atom stereocenters. The van der Waals surface area contributed by atoms with Crippen molar-refractivity contribution in [2.75, 3.05) is 6.61 Å². The van der Waals surface area contributed by atoms with Crippen LogP contribution in [0.4, 0.5) is 0 Å². The molecule has 0 aliphatic carbocycles. The lowest BCUT2D eigenvalue weighted by Gasteiger charge is -2.14. The molecule has 1 aliphatic heterocycles. The average molecular weight is 241 g/mol. The molecule has 3 atom stereocenters. The minimum atomic E-state index is -0.537. The van der Waals surface area contributed by atoms with Crippen LogP contribution in [-0.4, -0.2) is 33.4 Å². The van der Waals surface area contributed by atoms with E-state index < -0.39 is 23.6 Å². The normalized spacial score (nSPS) is 28.5. The molecule has 0 radical (unpaired) electrons. The monoisotopic (exact) mass is 241 g/mol. The second-order valence-corrected chi connectivity index (χ2v) is 4.19. The van der Waals surface area contributed by atoms with Gasteiger partial charge in [0, 0.05) is 24.2 Å². The van der Waals surface area contributed by atoms with Gasteiger partial charge in [-0.05, 0) is 6.92 Å². The van der Waals surface area contributed by atoms with E-state index in [1.165, 1.54) is 10.8 Å². The van der Waals surface area contributed by atoms with Crippen molar-refractivity contribution in [3.8, 4) is 0 Å². The smallest absolute Gasteiger partial charge is 0.330 e. The molecule has 1 aliphatic rings. The zero-order valence-electron chi connectivity index (χ0n) is 9.42. The van der Waals surface area contributed by atoms with Crippen molar-refractivity contribution >= 4 is 0 Å². The molecule has 1 saturated heterocycles. The molecule has 1 aromatic rings. The lowest BCUT2D eigenvalue weighted by Crippen LogP contribution is -2.33. The van der Waals surface area contributed by atoms with E-state index in [2.05, 4.69) is 4.98 Å². The Kier molecular flexibility index (Phi) is 3.14. The van der Waals surface area contributed by atoms with E-state index in [4.69, 9.17) is 15.6 Å². The lowest BCUT2D eigenvalue weighted by molar-refractivity contribution is -0.0271. The molecular weight excluding hydrogens is 226 g/mol. The number of aromatic nitrogens is 2. The molecule has 7 nitrogen and oxygen atoms in total. The van der Waals surface area contributed by atoms with E-state index in [0.717, 1.165) is 0 Å². The Labute approximate surface area is 96.8 Å². The summed E-state index contributed by atoms with van der Waals surface area (Å²) in [5.74, 6) is 0. The number of nitrogens with zero attached hydrogens (tertiary/aromatic N) is 1. The summed E-state index contributed by atoms with van der Waals surface area (Å²) in [7, 11) is 0. The maximum Gasteiger partial charge on any atom is 0.330 e. The number of nitrogens with one attached hydrogen (secondary N) is 1. The van der Waals surface area contributed by atoms with Crippen LogP contribution in [0, 0.1) is 6.92 Å². The first kappa shape index (κ1) is 12.0. The Morgan fingerprint density at radius 1 is 1.65 bits per heavy atom. The molecule has 1 fully saturated rings. The third-order valence-corrected chi connectivity index (χ3v) is 2.92. The van der Waals surface area contributed by atoms with E-state index in [-0.39, 0.29) is 12.6 Å². The summed E-state index contributed by atoms with van der Waals surface area (Å²) in [6.45, 7) is 1.42. The van der Waals surface area contributed by atoms with Crippen LogP contribution in [-0.2, 0) is 4.74 Å². The molecule has 1 aromatic heterocycles. The summed E-state index contributed by atoms with van der Waals surface area (Å²) in [6, 6.07) is -0.316. The molecule has 17 heavy (non-hydrogen) atoms. The van der Waals surface area contributed by atoms with Crippen molar-refractivity contribution in [3.63, 3.8) is 0 Å². The Balaban J connectivity index is 2.34. The lowest BCUT2D eigenvalue weighted by atomic mass is 10.1. The van der Waals surface area contributed by atoms with Crippen molar-refractivity contribution in [2.45, 2.75) is 31.7 Å². The fourth-order valence-electron chi connectivity index (χ4n) is 1.90. The van der Waals surface area contributed by atoms with Crippen molar-refractivity contribution in [1.29, 1.82) is 0 Å². The van der Waals surface area contributed by atoms with Gasteiger partial charge in [0.15, 0.2) is 0 Å². The highest BCUT2D eigenvalue weighted by molar-refractivity contribution is 5.02. The first-order valence-electron chi connectivity index (χ1n) is 5.37. The molecule has 4 N–H and O–H groups in total. The highest BCUT2D eigenvalue weighted by atomic mass is 16.5. The fourth-order valence-corrected chi connectivity index (χ4v) is 1.90. The summed E-state index contributed by atoms with van der Waals surface area (Å²) in [5, 5.41) is 9.02. The van der Waals surface area contributed by atoms with Gasteiger partial charge in [0.1, 0.15) is 6.23 Å². The first-order valence-corrected chi connectivity index (χ1v) is 5.37. The molecule has 0 spiro atoms. The third-order valence-electron chi connectivity index (χ3n) is 2.92. The number of hydrogen-bond acceptors (Lipinski definition) is 5. The van der Waals surface area contributed by atoms with Crippen LogP contribution in [0.5, 0.6) is 0 Å². The van der Waals surface area contributed by atoms with Gasteiger partial charge >= 0.3 is 5.69 Å². The van der Waals surface area contributed by atoms with Crippen molar-refractivity contribution < 1.29 is 9.84 Å². The molecule has 2 heterocycles. The Morgan fingerprint density at radius 2 is 2.35 bits per heavy atom. The van der Waals surface area contributed by atoms with E-state index in [1.807, 2.05) is 0 Å². The number of rotatable bonds is 2. The van der Waals surface area contributed by atoms with Crippen molar-refractivity contribution in [1.82, 2.24) is 9.55 Å². The average Bonchev–Trinajstić information content (AvgIpc) is 2.65. The number of hydrogen-bond donors (Lipinski definition) is 3. The van der Waals surface area contributed by atoms with Gasteiger partial charge in [-0.25, -0.2) is 4.79 Å². The maximum absolute atomic E-state index is 11.6. The summed E-state index contributed by atoms with van der Waals surface area (Å²) in [6.07, 6.45) is 0.860. The molecule has 0 saturated carbocycles. The molecule has 0 amide bonds. The number of ether oxygens (including phenoxy) is 1. The van der Waals surface area contributed by atoms with E-state index in [9.17, 15) is 9.59 Å². The largest absolute Gasteiger partial charge is 0.394 e. The fraction of sp³-hybridized carbons (Fsp3) is 0.600. The Morgan fingerprint density at radius 3 is 2.94 bits per heavy atom. The number of H-pyrrole nitrogens is 1. The molecule has 0 aromatic carbocycles. The quantitative estimate of drug-likeness (QED) is 0.580. The molecule has 0 bridgehead atoms. The van der Waals surface area contributed by atoms with Gasteiger partial charge in [-0.2, -0.15) is 0 Å². The van der Waals surface area contributed by atoms with Gasteiger partial charge < -0.3 is 15.6 Å². The molecule has 94 valence electrons. The molecule has 2 rings (SSSR count). The van der Waals surface area contributed by atoms with Crippen molar-refractivity contribution in [2.24, 2.45) is 5.73 Å². The molecule has 7 heteroatoms. The summed E-state index contributed by atoms with van der Waals surface area (Å²) in [5.41, 5.74) is 5.25. The highest BCUT2D eigenvalue weighted by Gasteiger charge is 2.33. The minimum absolute atomic E-state index is 0.186. The van der Waals surface area contributed by atoms with E-state index >= 15 is 0 Å². The standard InChI is InChI=1S/C10H15N3O4/c1-5-3-13(10(16)12-9(5)15)8-2-6(11)7(4-14)17-8/h3,6-8,14H,2,4,11H2,1H3,(H,12,15,16)/t6-,7+,8+/m0/s1. The van der Waals surface area contributed by atoms with Gasteiger partial charge in [-0.15, -0.1) is 0 Å². The Bertz CT molecular complexity index is 521. The van der Waals surface area contributed by atoms with Gasteiger partial charge in [0.2, 0.25) is 0 Å². The molecular formula is C10H15N3O4. The van der Waals surface area contributed by atoms with Gasteiger partial charge in [-0.1, -0.05) is 0 Å². The number of aryl methyl sites for hydroxylation is 1. The summed E-state index contributed by atoms with van der Waals surface area (Å²) < 4.78 is 6.75. The van der Waals surface area contributed by atoms with Crippen LogP contribution in [0.1, 0.15) is 18.2 Å². The van der Waals surface area contributed by atoms with Gasteiger partial charge in [-0.3, -0.25) is 14.3 Å². The van der Waals surface area contributed by atoms with E-state index in [1.54, 1.807) is 6.92 Å². The summed E-state index contributed by atoms with van der Waals surface area (Å²) >= 11 is 0. The van der Waals surface area contributed by atoms with Gasteiger partial charge in [0.25, 0.3) is 5.56 Å².